The average molecular weight is 358 g/mol. The van der Waals surface area contributed by atoms with Crippen molar-refractivity contribution in [2.24, 2.45) is 0 Å². The van der Waals surface area contributed by atoms with Gasteiger partial charge in [-0.1, -0.05) is 64.9 Å². The Labute approximate surface area is 149 Å². The van der Waals surface area contributed by atoms with Crippen LogP contribution in [0.4, 0.5) is 5.13 Å². The molecule has 122 valence electrons. The van der Waals surface area contributed by atoms with E-state index in [4.69, 9.17) is 11.6 Å². The number of nitrogens with one attached hydrogen (secondary N) is 1. The Hall–Kier alpha value is -2.24. The lowest BCUT2D eigenvalue weighted by Gasteiger charge is -2.02. The predicted octanol–water partition coefficient (Wildman–Crippen LogP) is 4.74. The number of hydrogen-bond acceptors (Lipinski definition) is 4. The van der Waals surface area contributed by atoms with Gasteiger partial charge in [-0.15, -0.1) is 10.2 Å². The number of benzene rings is 2. The fourth-order valence-corrected chi connectivity index (χ4v) is 3.07. The zero-order valence-corrected chi connectivity index (χ0v) is 14.7. The molecule has 0 aliphatic rings. The summed E-state index contributed by atoms with van der Waals surface area (Å²) in [5.74, 6) is -0.0608. The van der Waals surface area contributed by atoms with Crippen molar-refractivity contribution in [1.29, 1.82) is 0 Å². The number of hydrogen-bond donors (Lipinski definition) is 1. The molecule has 1 heterocycles. The van der Waals surface area contributed by atoms with Crippen molar-refractivity contribution >= 4 is 34.0 Å². The maximum atomic E-state index is 12.1. The number of carbonyl (C=O) groups excluding carboxylic acids is 1. The van der Waals surface area contributed by atoms with Gasteiger partial charge in [0.15, 0.2) is 0 Å². The Bertz CT molecular complexity index is 828. The smallest absolute Gasteiger partial charge is 0.226 e. The second kappa shape index (κ2) is 7.55. The van der Waals surface area contributed by atoms with Crippen LogP contribution in [0.1, 0.15) is 17.5 Å². The third-order valence-electron chi connectivity index (χ3n) is 3.52. The minimum atomic E-state index is -0.0608. The topological polar surface area (TPSA) is 54.9 Å². The summed E-state index contributed by atoms with van der Waals surface area (Å²) in [6.07, 6.45) is 1.12. The number of nitrogens with zero attached hydrogens (tertiary/aromatic N) is 2. The third kappa shape index (κ3) is 4.40. The highest BCUT2D eigenvalue weighted by Crippen LogP contribution is 2.27. The van der Waals surface area contributed by atoms with E-state index in [9.17, 15) is 4.79 Å². The lowest BCUT2D eigenvalue weighted by molar-refractivity contribution is -0.116. The van der Waals surface area contributed by atoms with Crippen molar-refractivity contribution in [1.82, 2.24) is 10.2 Å². The molecule has 1 amide bonds. The summed E-state index contributed by atoms with van der Waals surface area (Å²) in [5.41, 5.74) is 3.29. The van der Waals surface area contributed by atoms with E-state index in [1.165, 1.54) is 16.9 Å². The highest BCUT2D eigenvalue weighted by atomic mass is 35.5. The molecule has 0 saturated carbocycles. The Morgan fingerprint density at radius 3 is 2.50 bits per heavy atom. The molecule has 3 rings (SSSR count). The quantitative estimate of drug-likeness (QED) is 0.717. The van der Waals surface area contributed by atoms with Gasteiger partial charge in [0.25, 0.3) is 0 Å². The van der Waals surface area contributed by atoms with Crippen LogP contribution in [0.25, 0.3) is 10.6 Å². The van der Waals surface area contributed by atoms with E-state index in [1.54, 1.807) is 12.1 Å². The molecular formula is C18H16ClN3OS. The predicted molar refractivity (Wildman–Crippen MR) is 98.5 cm³/mol. The highest BCUT2D eigenvalue weighted by molar-refractivity contribution is 7.18. The van der Waals surface area contributed by atoms with Gasteiger partial charge in [-0.2, -0.15) is 0 Å². The van der Waals surface area contributed by atoms with E-state index >= 15 is 0 Å². The van der Waals surface area contributed by atoms with E-state index < -0.39 is 0 Å². The second-order valence-electron chi connectivity index (χ2n) is 5.45. The SMILES string of the molecule is Cc1ccc(CCC(=O)Nc2nnc(-c3ccc(Cl)cc3)s2)cc1. The lowest BCUT2D eigenvalue weighted by Crippen LogP contribution is -2.12. The molecular weight excluding hydrogens is 342 g/mol. The van der Waals surface area contributed by atoms with Crippen molar-refractivity contribution in [3.8, 4) is 10.6 Å². The average Bonchev–Trinajstić information content (AvgIpc) is 3.03. The van der Waals surface area contributed by atoms with Gasteiger partial charge in [-0.3, -0.25) is 4.79 Å². The van der Waals surface area contributed by atoms with Gasteiger partial charge < -0.3 is 5.32 Å². The highest BCUT2D eigenvalue weighted by Gasteiger charge is 2.10. The number of rotatable bonds is 5. The van der Waals surface area contributed by atoms with Crippen LogP contribution < -0.4 is 5.32 Å². The molecule has 0 radical (unpaired) electrons. The van der Waals surface area contributed by atoms with Gasteiger partial charge >= 0.3 is 0 Å². The first-order valence-electron chi connectivity index (χ1n) is 7.55. The Morgan fingerprint density at radius 2 is 1.79 bits per heavy atom. The number of aromatic nitrogens is 2. The Kier molecular flexibility index (Phi) is 5.23. The van der Waals surface area contributed by atoms with Crippen molar-refractivity contribution in [3.05, 3.63) is 64.7 Å². The van der Waals surface area contributed by atoms with Crippen LogP contribution >= 0.6 is 22.9 Å². The summed E-state index contributed by atoms with van der Waals surface area (Å²) < 4.78 is 0. The molecule has 0 atom stereocenters. The fourth-order valence-electron chi connectivity index (χ4n) is 2.18. The molecule has 0 aliphatic heterocycles. The van der Waals surface area contributed by atoms with E-state index in [1.807, 2.05) is 31.2 Å². The van der Waals surface area contributed by atoms with E-state index in [-0.39, 0.29) is 5.91 Å². The van der Waals surface area contributed by atoms with Crippen molar-refractivity contribution in [2.45, 2.75) is 19.8 Å². The first-order chi connectivity index (χ1) is 11.6. The summed E-state index contributed by atoms with van der Waals surface area (Å²) in [7, 11) is 0. The summed E-state index contributed by atoms with van der Waals surface area (Å²) in [4.78, 5) is 12.1. The van der Waals surface area contributed by atoms with Crippen LogP contribution in [0, 0.1) is 6.92 Å². The molecule has 0 fully saturated rings. The molecule has 0 spiro atoms. The molecule has 24 heavy (non-hydrogen) atoms. The minimum absolute atomic E-state index is 0.0608. The molecule has 1 aromatic heterocycles. The maximum absolute atomic E-state index is 12.1. The van der Waals surface area contributed by atoms with Crippen LogP contribution in [0.5, 0.6) is 0 Å². The van der Waals surface area contributed by atoms with Crippen LogP contribution in [-0.4, -0.2) is 16.1 Å². The Morgan fingerprint density at radius 1 is 1.08 bits per heavy atom. The van der Waals surface area contributed by atoms with E-state index in [2.05, 4.69) is 27.6 Å². The largest absolute Gasteiger partial charge is 0.301 e. The van der Waals surface area contributed by atoms with Crippen molar-refractivity contribution < 1.29 is 4.79 Å². The van der Waals surface area contributed by atoms with Gasteiger partial charge in [0, 0.05) is 17.0 Å². The summed E-state index contributed by atoms with van der Waals surface area (Å²) >= 11 is 7.22. The number of anilines is 1. The van der Waals surface area contributed by atoms with Crippen molar-refractivity contribution in [2.75, 3.05) is 5.32 Å². The van der Waals surface area contributed by atoms with Gasteiger partial charge in [-0.05, 0) is 31.0 Å². The number of carbonyl (C=O) groups is 1. The monoisotopic (exact) mass is 357 g/mol. The Balaban J connectivity index is 1.57. The van der Waals surface area contributed by atoms with E-state index in [0.717, 1.165) is 16.1 Å². The van der Waals surface area contributed by atoms with Gasteiger partial charge in [0.1, 0.15) is 5.01 Å². The minimum Gasteiger partial charge on any atom is -0.301 e. The second-order valence-corrected chi connectivity index (χ2v) is 6.87. The summed E-state index contributed by atoms with van der Waals surface area (Å²) in [6.45, 7) is 2.05. The van der Waals surface area contributed by atoms with Crippen LogP contribution in [0.3, 0.4) is 0 Å². The van der Waals surface area contributed by atoms with Crippen molar-refractivity contribution in [3.63, 3.8) is 0 Å². The number of amides is 1. The first kappa shape index (κ1) is 16.6. The van der Waals surface area contributed by atoms with Gasteiger partial charge in [-0.25, -0.2) is 0 Å². The van der Waals surface area contributed by atoms with Gasteiger partial charge in [0.05, 0.1) is 0 Å². The molecule has 0 saturated heterocycles. The zero-order chi connectivity index (χ0) is 16.9. The normalized spacial score (nSPS) is 10.6. The standard InChI is InChI=1S/C18H16ClN3OS/c1-12-2-4-13(5-3-12)6-11-16(23)20-18-22-21-17(24-18)14-7-9-15(19)10-8-14/h2-5,7-10H,6,11H2,1H3,(H,20,22,23). The maximum Gasteiger partial charge on any atom is 0.226 e. The number of aryl methyl sites for hydroxylation is 2. The molecule has 4 nitrogen and oxygen atoms in total. The molecule has 2 aromatic carbocycles. The fraction of sp³-hybridized carbons (Fsp3) is 0.167. The van der Waals surface area contributed by atoms with E-state index in [0.29, 0.717) is 23.0 Å². The third-order valence-corrected chi connectivity index (χ3v) is 4.66. The molecule has 6 heteroatoms. The summed E-state index contributed by atoms with van der Waals surface area (Å²) in [5, 5.41) is 12.9. The molecule has 0 aliphatic carbocycles. The number of halogens is 1. The summed E-state index contributed by atoms with van der Waals surface area (Å²) in [6, 6.07) is 15.6. The lowest BCUT2D eigenvalue weighted by atomic mass is 10.1. The molecule has 0 unspecified atom stereocenters. The molecule has 0 bridgehead atoms. The molecule has 1 N–H and O–H groups in total. The van der Waals surface area contributed by atoms with Crippen LogP contribution in [-0.2, 0) is 11.2 Å². The van der Waals surface area contributed by atoms with Crippen LogP contribution in [0.2, 0.25) is 5.02 Å². The molecule has 3 aromatic rings. The van der Waals surface area contributed by atoms with Crippen LogP contribution in [0.15, 0.2) is 48.5 Å². The zero-order valence-electron chi connectivity index (χ0n) is 13.1. The first-order valence-corrected chi connectivity index (χ1v) is 8.74. The van der Waals surface area contributed by atoms with Gasteiger partial charge in [0.2, 0.25) is 11.0 Å².